The number of nitrogens with two attached hydrogens (primary N) is 1. The first-order chi connectivity index (χ1) is 27.9. The standard InChI is InChI=1S/C43H48N6O9/c1-27-40(52)46-25-32-16-18-33(24-36(32)57-3)58-37-23-31(17-20-35(37)56-2)41(53)45-21-7-8-22-49(43(55)30-14-12-29(13-15-30)39(44)51)26-38(50)48-34(42(54)47-27)19-11-28-9-5-4-6-10-28/h4-6,9-10,12-18,20,23-24,27,34H,7-8,11,19,21-22,25-26H2,1-3H3,(H2,44,51)(H,45,53)(H,46,52)(H,47,54)(H,48,50)/t27-,34-/m0/s1. The number of aryl methyl sites for hydroxylation is 1. The topological polar surface area (TPSA) is 207 Å². The average Bonchev–Trinajstić information content (AvgIpc) is 3.23. The summed E-state index contributed by atoms with van der Waals surface area (Å²) < 4.78 is 17.2. The highest BCUT2D eigenvalue weighted by Crippen LogP contribution is 2.35. The van der Waals surface area contributed by atoms with E-state index in [1.54, 1.807) is 36.4 Å². The van der Waals surface area contributed by atoms with Gasteiger partial charge in [-0.1, -0.05) is 30.3 Å². The number of hydrogen-bond acceptors (Lipinski definition) is 9. The number of fused-ring (bicyclic) bond motifs is 18. The fourth-order valence-electron chi connectivity index (χ4n) is 6.26. The first-order valence-electron chi connectivity index (χ1n) is 18.9. The average molecular weight is 793 g/mol. The lowest BCUT2D eigenvalue weighted by Gasteiger charge is -2.25. The molecule has 0 radical (unpaired) electrons. The summed E-state index contributed by atoms with van der Waals surface area (Å²) in [5, 5.41) is 11.2. The van der Waals surface area contributed by atoms with Gasteiger partial charge in [0.25, 0.3) is 11.8 Å². The SMILES string of the molecule is COc1cc2ccc1CNC(=O)[C@H](C)NC(=O)[C@H](CCc1ccccc1)NC(=O)CN(C(=O)c1ccc(C(N)=O)cc1)CCCCNC(=O)c1ccc(OC)c(c1)O2. The van der Waals surface area contributed by atoms with Crippen molar-refractivity contribution in [1.29, 1.82) is 0 Å². The lowest BCUT2D eigenvalue weighted by atomic mass is 10.0. The highest BCUT2D eigenvalue weighted by molar-refractivity contribution is 5.99. The summed E-state index contributed by atoms with van der Waals surface area (Å²) in [6.45, 7) is 1.58. The third kappa shape index (κ3) is 11.6. The van der Waals surface area contributed by atoms with E-state index >= 15 is 0 Å². The molecule has 2 atom stereocenters. The molecule has 4 aromatic rings. The molecule has 6 rings (SSSR count). The van der Waals surface area contributed by atoms with E-state index in [-0.39, 0.29) is 48.8 Å². The zero-order valence-electron chi connectivity index (χ0n) is 32.7. The minimum Gasteiger partial charge on any atom is -0.496 e. The molecule has 4 aromatic carbocycles. The minimum absolute atomic E-state index is 0.0603. The number of hydrogen-bond donors (Lipinski definition) is 5. The number of methoxy groups -OCH3 is 2. The summed E-state index contributed by atoms with van der Waals surface area (Å²) >= 11 is 0. The van der Waals surface area contributed by atoms with E-state index < -0.39 is 48.2 Å². The number of amides is 6. The second-order valence-corrected chi connectivity index (χ2v) is 13.7. The lowest BCUT2D eigenvalue weighted by Crippen LogP contribution is -2.54. The second-order valence-electron chi connectivity index (χ2n) is 13.7. The number of nitrogens with one attached hydrogen (secondary N) is 4. The fourth-order valence-corrected chi connectivity index (χ4v) is 6.26. The van der Waals surface area contributed by atoms with Crippen LogP contribution in [0.15, 0.2) is 91.0 Å². The molecular formula is C43H48N6O9. The Morgan fingerprint density at radius 3 is 2.24 bits per heavy atom. The molecule has 58 heavy (non-hydrogen) atoms. The summed E-state index contributed by atoms with van der Waals surface area (Å²) in [6.07, 6.45) is 1.50. The maximum Gasteiger partial charge on any atom is 0.254 e. The van der Waals surface area contributed by atoms with Crippen LogP contribution in [0.5, 0.6) is 23.0 Å². The highest BCUT2D eigenvalue weighted by atomic mass is 16.5. The molecule has 0 spiro atoms. The van der Waals surface area contributed by atoms with Gasteiger partial charge in [-0.15, -0.1) is 0 Å². The van der Waals surface area contributed by atoms with Gasteiger partial charge in [-0.25, -0.2) is 0 Å². The maximum atomic E-state index is 13.8. The molecule has 6 amide bonds. The summed E-state index contributed by atoms with van der Waals surface area (Å²) in [6, 6.07) is 23.0. The van der Waals surface area contributed by atoms with Crippen molar-refractivity contribution >= 4 is 35.4 Å². The van der Waals surface area contributed by atoms with Gasteiger partial charge in [0.1, 0.15) is 23.6 Å². The van der Waals surface area contributed by atoms with E-state index in [1.807, 2.05) is 30.3 Å². The van der Waals surface area contributed by atoms with E-state index in [1.165, 1.54) is 50.3 Å². The van der Waals surface area contributed by atoms with E-state index in [2.05, 4.69) is 21.3 Å². The second kappa shape index (κ2) is 20.3. The zero-order chi connectivity index (χ0) is 41.6. The van der Waals surface area contributed by atoms with E-state index in [9.17, 15) is 28.8 Å². The molecule has 2 aliphatic heterocycles. The molecule has 0 saturated heterocycles. The zero-order valence-corrected chi connectivity index (χ0v) is 32.7. The van der Waals surface area contributed by atoms with Crippen LogP contribution in [0.4, 0.5) is 0 Å². The largest absolute Gasteiger partial charge is 0.496 e. The van der Waals surface area contributed by atoms with Crippen LogP contribution in [-0.2, 0) is 27.3 Å². The highest BCUT2D eigenvalue weighted by Gasteiger charge is 2.27. The summed E-state index contributed by atoms with van der Waals surface area (Å²) in [5.74, 6) is -1.67. The van der Waals surface area contributed by atoms with Gasteiger partial charge >= 0.3 is 0 Å². The Balaban J connectivity index is 1.41. The minimum atomic E-state index is -1.05. The van der Waals surface area contributed by atoms with Gasteiger partial charge in [0.2, 0.25) is 23.6 Å². The Kier molecular flexibility index (Phi) is 14.8. The molecule has 15 nitrogen and oxygen atoms in total. The molecular weight excluding hydrogens is 745 g/mol. The molecule has 0 saturated carbocycles. The Morgan fingerprint density at radius 2 is 1.53 bits per heavy atom. The van der Waals surface area contributed by atoms with Crippen molar-refractivity contribution in [3.05, 3.63) is 119 Å². The fraction of sp³-hybridized carbons (Fsp3) is 0.302. The number of nitrogens with zero attached hydrogens (tertiary/aromatic N) is 1. The summed E-state index contributed by atoms with van der Waals surface area (Å²) in [5.41, 5.74) is 7.71. The van der Waals surface area contributed by atoms with Crippen molar-refractivity contribution in [2.45, 2.75) is 51.2 Å². The molecule has 0 unspecified atom stereocenters. The predicted octanol–water partition coefficient (Wildman–Crippen LogP) is 3.50. The van der Waals surface area contributed by atoms with Gasteiger partial charge in [-0.3, -0.25) is 28.8 Å². The van der Waals surface area contributed by atoms with Crippen molar-refractivity contribution in [3.8, 4) is 23.0 Å². The summed E-state index contributed by atoms with van der Waals surface area (Å²) in [4.78, 5) is 80.7. The first-order valence-corrected chi connectivity index (χ1v) is 18.9. The van der Waals surface area contributed by atoms with E-state index in [0.29, 0.717) is 47.6 Å². The van der Waals surface area contributed by atoms with Crippen LogP contribution in [0.1, 0.15) is 68.4 Å². The van der Waals surface area contributed by atoms with Gasteiger partial charge in [-0.2, -0.15) is 0 Å². The van der Waals surface area contributed by atoms with Crippen LogP contribution >= 0.6 is 0 Å². The molecule has 2 heterocycles. The Labute approximate surface area is 336 Å². The molecule has 6 N–H and O–H groups in total. The molecule has 2 aliphatic rings. The molecule has 0 aromatic heterocycles. The Morgan fingerprint density at radius 1 is 0.810 bits per heavy atom. The number of carbonyl (C=O) groups excluding carboxylic acids is 6. The quantitative estimate of drug-likeness (QED) is 0.173. The number of primary amides is 1. The van der Waals surface area contributed by atoms with Gasteiger partial charge in [0.15, 0.2) is 11.5 Å². The Bertz CT molecular complexity index is 2110. The third-order valence-electron chi connectivity index (χ3n) is 9.51. The number of rotatable bonds is 7. The molecule has 0 aliphatic carbocycles. The number of ether oxygens (including phenoxy) is 3. The predicted molar refractivity (Wildman–Crippen MR) is 215 cm³/mol. The van der Waals surface area contributed by atoms with Crippen molar-refractivity contribution in [2.24, 2.45) is 5.73 Å². The lowest BCUT2D eigenvalue weighted by molar-refractivity contribution is -0.132. The number of carbonyl (C=O) groups is 6. The smallest absolute Gasteiger partial charge is 0.254 e. The third-order valence-corrected chi connectivity index (χ3v) is 9.51. The molecule has 304 valence electrons. The van der Waals surface area contributed by atoms with E-state index in [0.717, 1.165) is 5.56 Å². The van der Waals surface area contributed by atoms with Crippen LogP contribution in [0.2, 0.25) is 0 Å². The van der Waals surface area contributed by atoms with Crippen LogP contribution < -0.4 is 41.2 Å². The number of benzene rings is 4. The normalized spacial score (nSPS) is 17.3. The maximum absolute atomic E-state index is 13.8. The van der Waals surface area contributed by atoms with Crippen LogP contribution in [-0.4, -0.2) is 86.3 Å². The molecule has 4 bridgehead atoms. The molecule has 0 fully saturated rings. The Hall–Kier alpha value is -6.90. The van der Waals surface area contributed by atoms with Crippen LogP contribution in [0.25, 0.3) is 0 Å². The summed E-state index contributed by atoms with van der Waals surface area (Å²) in [7, 11) is 2.97. The van der Waals surface area contributed by atoms with Gasteiger partial charge in [-0.05, 0) is 92.8 Å². The van der Waals surface area contributed by atoms with Crippen LogP contribution in [0, 0.1) is 0 Å². The van der Waals surface area contributed by atoms with Crippen molar-refractivity contribution < 1.29 is 43.0 Å². The van der Waals surface area contributed by atoms with E-state index in [4.69, 9.17) is 19.9 Å². The van der Waals surface area contributed by atoms with Gasteiger partial charge in [0.05, 0.1) is 20.8 Å². The van der Waals surface area contributed by atoms with Gasteiger partial charge in [0, 0.05) is 48.0 Å². The van der Waals surface area contributed by atoms with Crippen molar-refractivity contribution in [1.82, 2.24) is 26.2 Å². The molecule has 15 heteroatoms. The van der Waals surface area contributed by atoms with Crippen LogP contribution in [0.3, 0.4) is 0 Å². The van der Waals surface area contributed by atoms with Crippen molar-refractivity contribution in [3.63, 3.8) is 0 Å². The monoisotopic (exact) mass is 792 g/mol. The first kappa shape index (κ1) is 42.2. The van der Waals surface area contributed by atoms with Crippen molar-refractivity contribution in [2.75, 3.05) is 33.9 Å². The van der Waals surface area contributed by atoms with Gasteiger partial charge < -0.3 is 46.1 Å².